The Morgan fingerprint density at radius 2 is 2.17 bits per heavy atom. The molecule has 1 amide bonds. The number of anilines is 1. The third kappa shape index (κ3) is 3.95. The molecule has 0 aliphatic carbocycles. The summed E-state index contributed by atoms with van der Waals surface area (Å²) < 4.78 is 6.63. The van der Waals surface area contributed by atoms with E-state index in [-0.39, 0.29) is 12.3 Å². The van der Waals surface area contributed by atoms with Crippen LogP contribution < -0.4 is 11.1 Å². The molecule has 0 atom stereocenters. The van der Waals surface area contributed by atoms with Crippen LogP contribution in [0.3, 0.4) is 0 Å². The van der Waals surface area contributed by atoms with Crippen molar-refractivity contribution in [3.63, 3.8) is 0 Å². The monoisotopic (exact) mass is 316 g/mol. The number of nitrogens with one attached hydrogen (secondary N) is 1. The van der Waals surface area contributed by atoms with Gasteiger partial charge in [0.15, 0.2) is 0 Å². The first-order valence-electron chi connectivity index (χ1n) is 7.39. The smallest absolute Gasteiger partial charge is 0.341 e. The van der Waals surface area contributed by atoms with Gasteiger partial charge in [0.05, 0.1) is 24.2 Å². The van der Waals surface area contributed by atoms with Crippen molar-refractivity contribution < 1.29 is 14.3 Å². The Morgan fingerprint density at radius 3 is 2.87 bits per heavy atom. The molecule has 1 aromatic heterocycles. The number of aromatic nitrogens is 2. The van der Waals surface area contributed by atoms with Gasteiger partial charge in [-0.1, -0.05) is 6.07 Å². The Morgan fingerprint density at radius 1 is 1.39 bits per heavy atom. The number of carbonyl (C=O) groups is 2. The average molecular weight is 316 g/mol. The first kappa shape index (κ1) is 16.7. The van der Waals surface area contributed by atoms with Crippen molar-refractivity contribution in [2.45, 2.75) is 20.3 Å². The third-order valence-corrected chi connectivity index (χ3v) is 3.25. The van der Waals surface area contributed by atoms with Crippen molar-refractivity contribution in [1.82, 2.24) is 9.78 Å². The minimum absolute atomic E-state index is 0.144. The van der Waals surface area contributed by atoms with Gasteiger partial charge >= 0.3 is 5.97 Å². The fraction of sp³-hybridized carbons (Fsp3) is 0.312. The number of carbonyl (C=O) groups excluding carboxylic acids is 2. The number of esters is 1. The fourth-order valence-corrected chi connectivity index (χ4v) is 2.15. The predicted octanol–water partition coefficient (Wildman–Crippen LogP) is 1.64. The summed E-state index contributed by atoms with van der Waals surface area (Å²) in [6.07, 6.45) is 1.74. The second-order valence-electron chi connectivity index (χ2n) is 4.91. The van der Waals surface area contributed by atoms with Crippen LogP contribution >= 0.6 is 0 Å². The number of nitrogens with zero attached hydrogens (tertiary/aromatic N) is 2. The molecule has 0 aliphatic rings. The van der Waals surface area contributed by atoms with Crippen LogP contribution in [0.1, 0.15) is 29.4 Å². The molecule has 0 unspecified atom stereocenters. The van der Waals surface area contributed by atoms with Crippen LogP contribution in [-0.4, -0.2) is 34.8 Å². The highest BCUT2D eigenvalue weighted by atomic mass is 16.5. The first-order valence-corrected chi connectivity index (χ1v) is 7.39. The van der Waals surface area contributed by atoms with Gasteiger partial charge in [-0.15, -0.1) is 0 Å². The Hall–Kier alpha value is -2.67. The van der Waals surface area contributed by atoms with Crippen molar-refractivity contribution in [3.8, 4) is 5.69 Å². The molecule has 2 aromatic rings. The molecule has 0 spiro atoms. The Kier molecular flexibility index (Phi) is 5.48. The van der Waals surface area contributed by atoms with Crippen LogP contribution in [0.4, 0.5) is 5.69 Å². The summed E-state index contributed by atoms with van der Waals surface area (Å²) in [4.78, 5) is 23.5. The zero-order valence-corrected chi connectivity index (χ0v) is 13.2. The molecule has 0 saturated heterocycles. The van der Waals surface area contributed by atoms with Crippen LogP contribution in [-0.2, 0) is 9.53 Å². The fourth-order valence-electron chi connectivity index (χ4n) is 2.15. The zero-order chi connectivity index (χ0) is 16.8. The third-order valence-electron chi connectivity index (χ3n) is 3.25. The van der Waals surface area contributed by atoms with Gasteiger partial charge in [-0.25, -0.2) is 9.48 Å². The summed E-state index contributed by atoms with van der Waals surface area (Å²) in [7, 11) is 0. The van der Waals surface area contributed by atoms with Crippen LogP contribution in [0.15, 0.2) is 30.5 Å². The predicted molar refractivity (Wildman–Crippen MR) is 86.6 cm³/mol. The number of nitrogens with two attached hydrogens (primary N) is 1. The summed E-state index contributed by atoms with van der Waals surface area (Å²) in [5, 5.41) is 7.00. The maximum atomic E-state index is 11.9. The molecule has 7 nitrogen and oxygen atoms in total. The number of hydrogen-bond donors (Lipinski definition) is 2. The van der Waals surface area contributed by atoms with Gasteiger partial charge < -0.3 is 15.8 Å². The van der Waals surface area contributed by atoms with Gasteiger partial charge in [0.1, 0.15) is 5.56 Å². The molecule has 23 heavy (non-hydrogen) atoms. The van der Waals surface area contributed by atoms with Crippen molar-refractivity contribution in [2.24, 2.45) is 5.73 Å². The highest BCUT2D eigenvalue weighted by Gasteiger charge is 2.16. The lowest BCUT2D eigenvalue weighted by Gasteiger charge is -2.09. The minimum Gasteiger partial charge on any atom is -0.462 e. The van der Waals surface area contributed by atoms with Crippen molar-refractivity contribution in [3.05, 3.63) is 41.7 Å². The van der Waals surface area contributed by atoms with Gasteiger partial charge in [-0.05, 0) is 32.0 Å². The molecular weight excluding hydrogens is 296 g/mol. The highest BCUT2D eigenvalue weighted by molar-refractivity contribution is 5.91. The topological polar surface area (TPSA) is 99.2 Å². The molecule has 1 heterocycles. The molecule has 0 fully saturated rings. The number of benzene rings is 1. The summed E-state index contributed by atoms with van der Waals surface area (Å²) in [5.41, 5.74) is 7.84. The molecule has 2 rings (SSSR count). The van der Waals surface area contributed by atoms with E-state index in [0.29, 0.717) is 30.1 Å². The molecule has 0 bridgehead atoms. The van der Waals surface area contributed by atoms with E-state index < -0.39 is 5.97 Å². The van der Waals surface area contributed by atoms with Gasteiger partial charge in [0.2, 0.25) is 5.91 Å². The van der Waals surface area contributed by atoms with E-state index in [0.717, 1.165) is 5.69 Å². The second-order valence-corrected chi connectivity index (χ2v) is 4.91. The first-order chi connectivity index (χ1) is 11.1. The van der Waals surface area contributed by atoms with Gasteiger partial charge in [0, 0.05) is 18.7 Å². The van der Waals surface area contributed by atoms with Gasteiger partial charge in [-0.3, -0.25) is 4.79 Å². The second kappa shape index (κ2) is 7.55. The van der Waals surface area contributed by atoms with Crippen molar-refractivity contribution in [1.29, 1.82) is 0 Å². The van der Waals surface area contributed by atoms with E-state index in [1.165, 1.54) is 6.20 Å². The summed E-state index contributed by atoms with van der Waals surface area (Å²) in [5.74, 6) is -0.544. The maximum absolute atomic E-state index is 11.9. The van der Waals surface area contributed by atoms with E-state index in [2.05, 4.69) is 10.4 Å². The van der Waals surface area contributed by atoms with Crippen molar-refractivity contribution in [2.75, 3.05) is 18.5 Å². The Bertz CT molecular complexity index is 709. The lowest BCUT2D eigenvalue weighted by Crippen LogP contribution is -2.16. The Balaban J connectivity index is 2.26. The van der Waals surface area contributed by atoms with Crippen LogP contribution in [0.5, 0.6) is 0 Å². The normalized spacial score (nSPS) is 10.4. The molecule has 0 aliphatic heterocycles. The number of amides is 1. The molecule has 122 valence electrons. The summed E-state index contributed by atoms with van der Waals surface area (Å²) in [6.45, 7) is 4.16. The van der Waals surface area contributed by atoms with Crippen LogP contribution in [0.2, 0.25) is 0 Å². The van der Waals surface area contributed by atoms with Gasteiger partial charge in [0.25, 0.3) is 0 Å². The van der Waals surface area contributed by atoms with E-state index in [9.17, 15) is 9.59 Å². The van der Waals surface area contributed by atoms with E-state index in [1.54, 1.807) is 36.7 Å². The molecule has 3 N–H and O–H groups in total. The zero-order valence-electron chi connectivity index (χ0n) is 13.2. The van der Waals surface area contributed by atoms with Crippen LogP contribution in [0.25, 0.3) is 5.69 Å². The number of ether oxygens (including phenoxy) is 1. The highest BCUT2D eigenvalue weighted by Crippen LogP contribution is 2.18. The summed E-state index contributed by atoms with van der Waals surface area (Å²) >= 11 is 0. The van der Waals surface area contributed by atoms with Gasteiger partial charge in [-0.2, -0.15) is 5.10 Å². The quantitative estimate of drug-likeness (QED) is 0.789. The molecule has 7 heteroatoms. The molecule has 0 radical (unpaired) electrons. The number of hydrogen-bond acceptors (Lipinski definition) is 5. The van der Waals surface area contributed by atoms with E-state index >= 15 is 0 Å². The summed E-state index contributed by atoms with van der Waals surface area (Å²) in [6, 6.07) is 7.21. The molecular formula is C16H20N4O3. The average Bonchev–Trinajstić information content (AvgIpc) is 2.90. The van der Waals surface area contributed by atoms with Crippen molar-refractivity contribution >= 4 is 17.6 Å². The largest absolute Gasteiger partial charge is 0.462 e. The van der Waals surface area contributed by atoms with E-state index in [1.807, 2.05) is 6.07 Å². The lowest BCUT2D eigenvalue weighted by molar-refractivity contribution is -0.116. The number of rotatable bonds is 6. The lowest BCUT2D eigenvalue weighted by atomic mass is 10.2. The van der Waals surface area contributed by atoms with Crippen LogP contribution in [0, 0.1) is 6.92 Å². The van der Waals surface area contributed by atoms with E-state index in [4.69, 9.17) is 10.5 Å². The SMILES string of the molecule is CCOC(=O)c1cnn(-c2cccc(NC(=O)CCN)c2)c1C. The minimum atomic E-state index is -0.399. The maximum Gasteiger partial charge on any atom is 0.341 e. The molecule has 0 saturated carbocycles. The standard InChI is InChI=1S/C16H20N4O3/c1-3-23-16(22)14-10-18-20(11(14)2)13-6-4-5-12(9-13)19-15(21)7-8-17/h4-6,9-10H,3,7-8,17H2,1-2H3,(H,19,21). The molecule has 1 aromatic carbocycles. The Labute approximate surface area is 134 Å².